The van der Waals surface area contributed by atoms with Crippen LogP contribution in [0.3, 0.4) is 0 Å². The van der Waals surface area contributed by atoms with Crippen LogP contribution in [0.2, 0.25) is 0 Å². The van der Waals surface area contributed by atoms with Crippen molar-refractivity contribution in [3.05, 3.63) is 28.3 Å². The lowest BCUT2D eigenvalue weighted by atomic mass is 10.2. The fourth-order valence-electron chi connectivity index (χ4n) is 3.04. The number of rotatable bonds is 8. The Bertz CT molecular complexity index is 894. The highest BCUT2D eigenvalue weighted by atomic mass is 32.2. The molecule has 0 aromatic heterocycles. The molecular weight excluding hydrogens is 416 g/mol. The van der Waals surface area contributed by atoms with Crippen LogP contribution in [-0.2, 0) is 24.3 Å². The third-order valence-electron chi connectivity index (χ3n) is 4.66. The third-order valence-corrected chi connectivity index (χ3v) is 6.06. The zero-order chi connectivity index (χ0) is 22.3. The summed E-state index contributed by atoms with van der Waals surface area (Å²) in [5.41, 5.74) is -0.140. The number of hydrogen-bond donors (Lipinski definition) is 1. The molecule has 1 saturated heterocycles. The van der Waals surface area contributed by atoms with Gasteiger partial charge >= 0.3 is 5.97 Å². The molecule has 0 spiro atoms. The summed E-state index contributed by atoms with van der Waals surface area (Å²) in [6.07, 6.45) is 3.91. The molecule has 2 rings (SSSR count). The number of carbonyl (C=O) groups excluding carboxylic acids is 2. The van der Waals surface area contributed by atoms with E-state index in [4.69, 9.17) is 4.74 Å². The highest BCUT2D eigenvalue weighted by Gasteiger charge is 2.23. The lowest BCUT2D eigenvalue weighted by Crippen LogP contribution is -2.37. The van der Waals surface area contributed by atoms with E-state index in [0.717, 1.165) is 31.7 Å². The first kappa shape index (κ1) is 23.5. The molecule has 1 N–H and O–H groups in total. The molecule has 1 fully saturated rings. The number of hydrogen-bond acceptors (Lipinski definition) is 8. The second kappa shape index (κ2) is 10.3. The van der Waals surface area contributed by atoms with E-state index < -0.39 is 34.1 Å². The number of nitro groups is 1. The highest BCUT2D eigenvalue weighted by molar-refractivity contribution is 7.89. The number of anilines is 1. The molecule has 1 aromatic rings. The summed E-state index contributed by atoms with van der Waals surface area (Å²) in [5.74, 6) is -1.23. The number of carbonyl (C=O) groups is 2. The van der Waals surface area contributed by atoms with Gasteiger partial charge in [0.1, 0.15) is 12.2 Å². The van der Waals surface area contributed by atoms with Crippen LogP contribution < -0.4 is 9.62 Å². The van der Waals surface area contributed by atoms with Gasteiger partial charge < -0.3 is 14.5 Å². The minimum absolute atomic E-state index is 0.241. The van der Waals surface area contributed by atoms with Crippen LogP contribution in [-0.4, -0.2) is 70.5 Å². The number of ether oxygens (including phenoxy) is 1. The topological polar surface area (TPSA) is 139 Å². The average Bonchev–Trinajstić information content (AvgIpc) is 2.99. The summed E-state index contributed by atoms with van der Waals surface area (Å²) in [6, 6.07) is 3.44. The van der Waals surface area contributed by atoms with E-state index in [1.165, 1.54) is 17.0 Å². The molecule has 1 aromatic carbocycles. The van der Waals surface area contributed by atoms with Gasteiger partial charge in [-0.05, 0) is 25.0 Å². The predicted molar refractivity (Wildman–Crippen MR) is 109 cm³/mol. The molecule has 0 aliphatic carbocycles. The van der Waals surface area contributed by atoms with Crippen molar-refractivity contribution >= 4 is 33.3 Å². The van der Waals surface area contributed by atoms with Crippen LogP contribution in [0, 0.1) is 10.1 Å². The lowest BCUT2D eigenvalue weighted by Gasteiger charge is -2.19. The summed E-state index contributed by atoms with van der Waals surface area (Å²) in [6.45, 7) is 0.0812. The van der Waals surface area contributed by atoms with Gasteiger partial charge in [0.25, 0.3) is 11.6 Å². The number of nitrogens with zero attached hydrogens (tertiary/aromatic N) is 3. The van der Waals surface area contributed by atoms with E-state index in [0.29, 0.717) is 13.1 Å². The van der Waals surface area contributed by atoms with Crippen LogP contribution in [0.25, 0.3) is 0 Å². The van der Waals surface area contributed by atoms with Crippen LogP contribution in [0.1, 0.15) is 25.7 Å². The minimum Gasteiger partial charge on any atom is -0.455 e. The van der Waals surface area contributed by atoms with Gasteiger partial charge in [-0.1, -0.05) is 12.8 Å². The Morgan fingerprint density at radius 3 is 2.40 bits per heavy atom. The quantitative estimate of drug-likeness (QED) is 0.356. The predicted octanol–water partition coefficient (Wildman–Crippen LogP) is 0.885. The van der Waals surface area contributed by atoms with Crippen LogP contribution in [0.15, 0.2) is 23.1 Å². The SMILES string of the molecule is CN(C)c1ccc(S(=O)(=O)NCC(=O)OCC(=O)N2CCCCCC2)cc1[N+](=O)[O-]. The van der Waals surface area contributed by atoms with E-state index in [1.54, 1.807) is 19.0 Å². The maximum absolute atomic E-state index is 12.4. The normalized spacial score (nSPS) is 14.7. The molecule has 30 heavy (non-hydrogen) atoms. The Hall–Kier alpha value is -2.73. The molecule has 0 atom stereocenters. The van der Waals surface area contributed by atoms with E-state index >= 15 is 0 Å². The van der Waals surface area contributed by atoms with Crippen molar-refractivity contribution in [1.29, 1.82) is 0 Å². The van der Waals surface area contributed by atoms with E-state index in [-0.39, 0.29) is 22.2 Å². The smallest absolute Gasteiger partial charge is 0.321 e. The molecular formula is C18H26N4O7S. The largest absolute Gasteiger partial charge is 0.455 e. The van der Waals surface area contributed by atoms with Crippen molar-refractivity contribution in [3.63, 3.8) is 0 Å². The second-order valence-electron chi connectivity index (χ2n) is 7.08. The molecule has 0 radical (unpaired) electrons. The fraction of sp³-hybridized carbons (Fsp3) is 0.556. The summed E-state index contributed by atoms with van der Waals surface area (Å²) in [5, 5.41) is 11.2. The minimum atomic E-state index is -4.19. The molecule has 1 heterocycles. The number of esters is 1. The van der Waals surface area contributed by atoms with E-state index in [9.17, 15) is 28.1 Å². The lowest BCUT2D eigenvalue weighted by molar-refractivity contribution is -0.384. The molecule has 1 aliphatic heterocycles. The molecule has 166 valence electrons. The van der Waals surface area contributed by atoms with Gasteiger partial charge in [0.15, 0.2) is 6.61 Å². The van der Waals surface area contributed by atoms with Gasteiger partial charge in [0.05, 0.1) is 9.82 Å². The number of nitrogens with one attached hydrogen (secondary N) is 1. The summed E-state index contributed by atoms with van der Waals surface area (Å²) >= 11 is 0. The summed E-state index contributed by atoms with van der Waals surface area (Å²) in [4.78, 5) is 37.3. The number of sulfonamides is 1. The van der Waals surface area contributed by atoms with Crippen molar-refractivity contribution in [2.24, 2.45) is 0 Å². The maximum atomic E-state index is 12.4. The van der Waals surface area contributed by atoms with Crippen molar-refractivity contribution in [3.8, 4) is 0 Å². The van der Waals surface area contributed by atoms with Gasteiger partial charge in [0, 0.05) is 33.3 Å². The van der Waals surface area contributed by atoms with Gasteiger partial charge in [0.2, 0.25) is 10.0 Å². The van der Waals surface area contributed by atoms with Crippen LogP contribution >= 0.6 is 0 Å². The number of amides is 1. The van der Waals surface area contributed by atoms with Gasteiger partial charge in [-0.3, -0.25) is 19.7 Å². The maximum Gasteiger partial charge on any atom is 0.321 e. The van der Waals surface area contributed by atoms with E-state index in [2.05, 4.69) is 0 Å². The first-order valence-corrected chi connectivity index (χ1v) is 11.0. The van der Waals surface area contributed by atoms with Crippen molar-refractivity contribution in [2.75, 3.05) is 45.2 Å². The van der Waals surface area contributed by atoms with Crippen molar-refractivity contribution < 1.29 is 27.7 Å². The fourth-order valence-corrected chi connectivity index (χ4v) is 4.03. The van der Waals surface area contributed by atoms with Crippen molar-refractivity contribution in [2.45, 2.75) is 30.6 Å². The van der Waals surface area contributed by atoms with Crippen molar-refractivity contribution in [1.82, 2.24) is 9.62 Å². The average molecular weight is 442 g/mol. The molecule has 11 nitrogen and oxygen atoms in total. The number of benzene rings is 1. The first-order valence-electron chi connectivity index (χ1n) is 9.50. The second-order valence-corrected chi connectivity index (χ2v) is 8.85. The summed E-state index contributed by atoms with van der Waals surface area (Å²) < 4.78 is 31.7. The van der Waals surface area contributed by atoms with Gasteiger partial charge in [-0.2, -0.15) is 4.72 Å². The first-order chi connectivity index (χ1) is 14.1. The Morgan fingerprint density at radius 1 is 1.20 bits per heavy atom. The Labute approximate surface area is 175 Å². The zero-order valence-corrected chi connectivity index (χ0v) is 17.8. The summed E-state index contributed by atoms with van der Waals surface area (Å²) in [7, 11) is -0.997. The van der Waals surface area contributed by atoms with Crippen LogP contribution in [0.4, 0.5) is 11.4 Å². The monoisotopic (exact) mass is 442 g/mol. The van der Waals surface area contributed by atoms with E-state index in [1.807, 2.05) is 4.72 Å². The Kier molecular flexibility index (Phi) is 8.12. The Morgan fingerprint density at radius 2 is 1.83 bits per heavy atom. The van der Waals surface area contributed by atoms with Gasteiger partial charge in [-0.15, -0.1) is 0 Å². The Balaban J connectivity index is 1.94. The highest BCUT2D eigenvalue weighted by Crippen LogP contribution is 2.29. The molecule has 0 unspecified atom stereocenters. The number of nitro benzene ring substituents is 1. The molecule has 0 saturated carbocycles. The molecule has 1 aliphatic rings. The standard InChI is InChI=1S/C18H26N4O7S/c1-20(2)15-8-7-14(11-16(15)22(25)26)30(27,28)19-12-18(24)29-13-17(23)21-9-5-3-4-6-10-21/h7-8,11,19H,3-6,9-10,12-13H2,1-2H3. The van der Waals surface area contributed by atoms with Crippen LogP contribution in [0.5, 0.6) is 0 Å². The third kappa shape index (κ3) is 6.39. The zero-order valence-electron chi connectivity index (χ0n) is 17.0. The molecule has 12 heteroatoms. The molecule has 0 bridgehead atoms. The number of likely N-dealkylation sites (tertiary alicyclic amines) is 1. The molecule has 1 amide bonds. The van der Waals surface area contributed by atoms with Gasteiger partial charge in [-0.25, -0.2) is 8.42 Å².